The van der Waals surface area contributed by atoms with Crippen LogP contribution in [-0.2, 0) is 204 Å². The summed E-state index contributed by atoms with van der Waals surface area (Å²) in [7, 11) is 6.31. The Hall–Kier alpha value is -8.09. The largest absolute Gasteiger partial charge is 0.480 e. The molecule has 0 aliphatic carbocycles. The molecule has 56 heteroatoms. The molecule has 0 aromatic heterocycles. The normalized spacial score (nSPS) is 11.9. The van der Waals surface area contributed by atoms with Crippen molar-refractivity contribution in [3.63, 3.8) is 0 Å². The minimum atomic E-state index is -1.25. The van der Waals surface area contributed by atoms with Gasteiger partial charge in [-0.2, -0.15) is 0 Å². The summed E-state index contributed by atoms with van der Waals surface area (Å²) in [5.41, 5.74) is 0. The number of rotatable bonds is 119. The molecule has 0 aliphatic heterocycles. The van der Waals surface area contributed by atoms with Crippen LogP contribution in [0.3, 0.4) is 0 Å². The smallest absolute Gasteiger partial charge is 0.326 e. The number of nitrogens with one attached hydrogen (secondary N) is 12. The number of aliphatic carboxylic acids is 1. The van der Waals surface area contributed by atoms with Crippen molar-refractivity contribution in [3.05, 3.63) is 0 Å². The first kappa shape index (κ1) is 142. The van der Waals surface area contributed by atoms with Crippen LogP contribution in [0.5, 0.6) is 0 Å². The molecule has 0 aromatic rings. The van der Waals surface area contributed by atoms with E-state index in [1.807, 2.05) is 0 Å². The molecule has 0 aromatic carbocycles. The molecule has 0 unspecified atom stereocenters. The minimum absolute atomic E-state index is 0.00346. The third-order valence-electron chi connectivity index (χ3n) is 19.0. The van der Waals surface area contributed by atoms with Gasteiger partial charge in [0.15, 0.2) is 0 Å². The van der Waals surface area contributed by atoms with Gasteiger partial charge in [0.05, 0.1) is 304 Å². The Balaban J connectivity index is 4.74. The van der Waals surface area contributed by atoms with Crippen LogP contribution in [0, 0.1) is 0 Å². The average molecular weight is 2180 g/mol. The van der Waals surface area contributed by atoms with Crippen LogP contribution in [-0.4, -0.2) is 557 Å². The van der Waals surface area contributed by atoms with E-state index in [4.69, 9.17) is 142 Å². The number of carboxylic acids is 1. The second kappa shape index (κ2) is 113. The van der Waals surface area contributed by atoms with Gasteiger partial charge in [-0.05, 0) is 57.8 Å². The van der Waals surface area contributed by atoms with Crippen LogP contribution in [0.1, 0.15) is 57.8 Å². The van der Waals surface area contributed by atoms with Crippen LogP contribution in [0.4, 0.5) is 0 Å². The molecular weight excluding hydrogens is 2000 g/mol. The Labute approximate surface area is 880 Å². The summed E-state index contributed by atoms with van der Waals surface area (Å²) >= 11 is 0. The van der Waals surface area contributed by atoms with Crippen molar-refractivity contribution in [2.75, 3.05) is 457 Å². The molecule has 13 N–H and O–H groups in total. The van der Waals surface area contributed by atoms with Crippen molar-refractivity contribution in [2.24, 2.45) is 0 Å². The number of amides is 12. The Kier molecular flexibility index (Phi) is 107. The van der Waals surface area contributed by atoms with Gasteiger partial charge in [0, 0.05) is 87.3 Å². The minimum Gasteiger partial charge on any atom is -0.480 e. The lowest BCUT2D eigenvalue weighted by atomic mass is 10.1. The van der Waals surface area contributed by atoms with Gasteiger partial charge in [-0.1, -0.05) is 0 Å². The maximum absolute atomic E-state index is 13.4. The van der Waals surface area contributed by atoms with E-state index in [2.05, 4.69) is 63.8 Å². The zero-order valence-corrected chi connectivity index (χ0v) is 88.6. The van der Waals surface area contributed by atoms with Crippen LogP contribution in [0.2, 0.25) is 0 Å². The maximum atomic E-state index is 13.4. The van der Waals surface area contributed by atoms with Crippen molar-refractivity contribution in [1.82, 2.24) is 63.8 Å². The van der Waals surface area contributed by atoms with E-state index in [0.29, 0.717) is 131 Å². The monoisotopic (exact) mass is 2180 g/mol. The van der Waals surface area contributed by atoms with Crippen LogP contribution in [0.15, 0.2) is 0 Å². The third-order valence-corrected chi connectivity index (χ3v) is 19.0. The number of unbranched alkanes of at least 4 members (excludes halogenated alkanes) is 3. The molecule has 0 heterocycles. The van der Waals surface area contributed by atoms with Gasteiger partial charge in [-0.25, -0.2) is 4.79 Å². The van der Waals surface area contributed by atoms with E-state index < -0.39 is 66.1 Å². The summed E-state index contributed by atoms with van der Waals surface area (Å²) < 4.78 is 160. The fourth-order valence-electron chi connectivity index (χ4n) is 11.5. The van der Waals surface area contributed by atoms with E-state index in [0.717, 1.165) is 0 Å². The molecule has 0 spiro atoms. The molecule has 0 bridgehead atoms. The van der Waals surface area contributed by atoms with Crippen molar-refractivity contribution in [1.29, 1.82) is 0 Å². The topological polar surface area (TPSA) is 663 Å². The van der Waals surface area contributed by atoms with Gasteiger partial charge in [0.25, 0.3) is 0 Å². The molecule has 3 atom stereocenters. The lowest BCUT2D eigenvalue weighted by molar-refractivity contribution is -0.143. The Morgan fingerprint density at radius 1 is 0.160 bits per heavy atom. The fourth-order valence-corrected chi connectivity index (χ4v) is 11.5. The van der Waals surface area contributed by atoms with E-state index in [1.54, 1.807) is 28.4 Å². The first-order chi connectivity index (χ1) is 73.3. The SMILES string of the molecule is COCCOCCOCC(=O)NCCOCCOCCOCC(=O)NCCCC[C@H](NC(=O)COCCOCCOCCNC(=O)COCCOCCOC)C(=O)NCCOCCOCCOCC(=O)NCCCC[C@H](NC(=O)COCCOCCOCCNC(=O)[C@H](CCCCNC(=O)COCCOCCOCCNC(=O)COCCOCCOC)NC(=O)COCCOCCOCCNC(=O)COCCOCCOC)C(=O)O. The summed E-state index contributed by atoms with van der Waals surface area (Å²) in [5.74, 6) is -6.16. The Morgan fingerprint density at radius 2 is 0.300 bits per heavy atom. The quantitative estimate of drug-likeness (QED) is 0.0252. The second-order valence-corrected chi connectivity index (χ2v) is 31.5. The number of hydrogen-bond acceptors (Lipinski definition) is 43. The highest BCUT2D eigenvalue weighted by atomic mass is 16.6. The zero-order chi connectivity index (χ0) is 109. The van der Waals surface area contributed by atoms with Crippen LogP contribution < -0.4 is 63.8 Å². The molecule has 876 valence electrons. The van der Waals surface area contributed by atoms with Crippen LogP contribution >= 0.6 is 0 Å². The molecule has 0 rings (SSSR count). The van der Waals surface area contributed by atoms with Crippen molar-refractivity contribution in [2.45, 2.75) is 75.9 Å². The highest BCUT2D eigenvalue weighted by Gasteiger charge is 2.24. The van der Waals surface area contributed by atoms with Gasteiger partial charge in [-0.15, -0.1) is 0 Å². The summed E-state index contributed by atoms with van der Waals surface area (Å²) in [5, 5.41) is 42.2. The summed E-state index contributed by atoms with van der Waals surface area (Å²) in [6, 6.07) is -3.12. The number of ether oxygens (including phenoxy) is 30. The maximum Gasteiger partial charge on any atom is 0.326 e. The highest BCUT2D eigenvalue weighted by molar-refractivity contribution is 5.89. The molecule has 150 heavy (non-hydrogen) atoms. The molecule has 0 aliphatic rings. The van der Waals surface area contributed by atoms with Gasteiger partial charge < -0.3 is 211 Å². The van der Waals surface area contributed by atoms with Gasteiger partial charge in [-0.3, -0.25) is 57.5 Å². The lowest BCUT2D eigenvalue weighted by Crippen LogP contribution is -2.48. The highest BCUT2D eigenvalue weighted by Crippen LogP contribution is 2.07. The predicted molar refractivity (Wildman–Crippen MR) is 531 cm³/mol. The van der Waals surface area contributed by atoms with Gasteiger partial charge >= 0.3 is 5.97 Å². The zero-order valence-electron chi connectivity index (χ0n) is 88.6. The Morgan fingerprint density at radius 3 is 0.480 bits per heavy atom. The van der Waals surface area contributed by atoms with E-state index in [9.17, 15) is 67.4 Å². The first-order valence-electron chi connectivity index (χ1n) is 50.9. The van der Waals surface area contributed by atoms with Gasteiger partial charge in [0.1, 0.15) is 84.2 Å². The molecule has 0 fully saturated rings. The van der Waals surface area contributed by atoms with E-state index in [1.165, 1.54) is 0 Å². The third kappa shape index (κ3) is 106. The lowest BCUT2D eigenvalue weighted by Gasteiger charge is -2.19. The molecule has 0 radical (unpaired) electrons. The average Bonchev–Trinajstić information content (AvgIpc) is 0.932. The number of carboxylic acid groups (broad SMARTS) is 1. The fraction of sp³-hybridized carbons (Fsp3) is 0.862. The standard InChI is InChI=1S/C94H176N12O44/c1-121-29-33-131-49-59-144-72-85(110)98-17-23-125-37-43-135-53-63-141-69-82(107)95-14-8-5-11-79(104-89(114)76-148-66-56-138-45-39-127-25-19-100-87(112)74-146-61-51-133-35-31-123-3)92(117)102-21-27-129-41-47-137-55-65-143-71-84(109)97-16-10-7-13-81(94(119)120)106-91(116)78-150-68-58-140-48-42-130-28-22-103-93(118)80(105-90(115)77-149-67-57-139-46-40-128-26-20-101-88(113)75-147-62-52-134-36-32-124-4)12-6-9-15-96-83(108)70-142-64-54-136-44-38-126-24-18-99-86(111)73-145-60-50-132-34-30-122-2/h79-81H,5-78H2,1-4H3,(H,95,107)(H,96,108)(H,97,109)(H,98,110)(H,99,111)(H,100,112)(H,101,113)(H,102,117)(H,103,118)(H,104,114)(H,105,115)(H,106,116)(H,119,120)/t79-,80-,81-/m0/s1. The van der Waals surface area contributed by atoms with E-state index in [-0.39, 0.29) is 385 Å². The van der Waals surface area contributed by atoms with Gasteiger partial charge in [0.2, 0.25) is 70.9 Å². The molecule has 56 nitrogen and oxygen atoms in total. The number of carbonyl (C=O) groups excluding carboxylic acids is 12. The van der Waals surface area contributed by atoms with Crippen molar-refractivity contribution in [3.8, 4) is 0 Å². The summed E-state index contributed by atoms with van der Waals surface area (Å²) in [6.07, 6.45) is 3.11. The second-order valence-electron chi connectivity index (χ2n) is 31.5. The summed E-state index contributed by atoms with van der Waals surface area (Å²) in [6.45, 7) is 11.6. The summed E-state index contributed by atoms with van der Waals surface area (Å²) in [4.78, 5) is 162. The van der Waals surface area contributed by atoms with Crippen molar-refractivity contribution >= 4 is 76.9 Å². The number of carbonyl (C=O) groups is 13. The Bertz CT molecular complexity index is 3250. The molecular formula is C94H176N12O44. The molecule has 0 saturated heterocycles. The first-order valence-corrected chi connectivity index (χ1v) is 50.9. The molecule has 12 amide bonds. The molecule has 0 saturated carbocycles. The number of hydrogen-bond donors (Lipinski definition) is 13. The predicted octanol–water partition coefficient (Wildman–Crippen LogP) is -6.90. The van der Waals surface area contributed by atoms with E-state index >= 15 is 0 Å². The number of methoxy groups -OCH3 is 4. The van der Waals surface area contributed by atoms with Crippen LogP contribution in [0.25, 0.3) is 0 Å². The van der Waals surface area contributed by atoms with Crippen molar-refractivity contribution < 1.29 is 210 Å².